The van der Waals surface area contributed by atoms with Gasteiger partial charge in [0.05, 0.1) is 0 Å². The molecule has 1 aromatic carbocycles. The first kappa shape index (κ1) is 13.3. The van der Waals surface area contributed by atoms with Crippen LogP contribution in [-0.2, 0) is 11.8 Å². The zero-order chi connectivity index (χ0) is 14.0. The monoisotopic (exact) mass is 271 g/mol. The second-order valence-corrected chi connectivity index (χ2v) is 5.99. The lowest BCUT2D eigenvalue weighted by Gasteiger charge is -2.30. The molecule has 0 aliphatic carbocycles. The molecule has 4 heteroatoms. The number of rotatable bonds is 3. The second kappa shape index (κ2) is 5.37. The lowest BCUT2D eigenvalue weighted by molar-refractivity contribution is 0.240. The molecule has 1 saturated heterocycles. The van der Waals surface area contributed by atoms with Gasteiger partial charge >= 0.3 is 0 Å². The van der Waals surface area contributed by atoms with E-state index in [1.54, 1.807) is 0 Å². The van der Waals surface area contributed by atoms with Crippen molar-refractivity contribution in [1.82, 2.24) is 15.5 Å². The Labute approximate surface area is 119 Å². The number of piperidine rings is 1. The van der Waals surface area contributed by atoms with Gasteiger partial charge in [-0.15, -0.1) is 0 Å². The number of aromatic nitrogens is 2. The van der Waals surface area contributed by atoms with E-state index in [2.05, 4.69) is 53.6 Å². The molecule has 4 nitrogen and oxygen atoms in total. The van der Waals surface area contributed by atoms with E-state index in [-0.39, 0.29) is 5.41 Å². The predicted molar refractivity (Wildman–Crippen MR) is 77.7 cm³/mol. The maximum Gasteiger partial charge on any atom is 0.232 e. The van der Waals surface area contributed by atoms with Crippen molar-refractivity contribution in [2.45, 2.75) is 38.5 Å². The molecule has 2 heterocycles. The number of hydrogen-bond donors (Lipinski definition) is 1. The van der Waals surface area contributed by atoms with Crippen molar-refractivity contribution < 1.29 is 4.52 Å². The Balaban J connectivity index is 1.74. The molecule has 0 saturated carbocycles. The third-order valence-electron chi connectivity index (χ3n) is 4.17. The van der Waals surface area contributed by atoms with Crippen molar-refractivity contribution in [3.63, 3.8) is 0 Å². The highest BCUT2D eigenvalue weighted by atomic mass is 16.5. The number of nitrogens with one attached hydrogen (secondary N) is 1. The number of aryl methyl sites for hydroxylation is 1. The molecule has 106 valence electrons. The maximum absolute atomic E-state index is 5.51. The van der Waals surface area contributed by atoms with Gasteiger partial charge in [-0.25, -0.2) is 0 Å². The fraction of sp³-hybridized carbons (Fsp3) is 0.500. The van der Waals surface area contributed by atoms with E-state index in [1.807, 2.05) is 0 Å². The third-order valence-corrected chi connectivity index (χ3v) is 4.17. The van der Waals surface area contributed by atoms with Crippen LogP contribution in [0.2, 0.25) is 0 Å². The highest BCUT2D eigenvalue weighted by Crippen LogP contribution is 2.31. The van der Waals surface area contributed by atoms with Crippen molar-refractivity contribution in [2.75, 3.05) is 13.1 Å². The summed E-state index contributed by atoms with van der Waals surface area (Å²) in [4.78, 5) is 4.62. The van der Waals surface area contributed by atoms with Gasteiger partial charge in [0.15, 0.2) is 5.82 Å². The van der Waals surface area contributed by atoms with Crippen molar-refractivity contribution in [2.24, 2.45) is 0 Å². The quantitative estimate of drug-likeness (QED) is 0.932. The molecular weight excluding hydrogens is 250 g/mol. The largest absolute Gasteiger partial charge is 0.339 e. The van der Waals surface area contributed by atoms with Gasteiger partial charge in [0, 0.05) is 11.8 Å². The fourth-order valence-electron chi connectivity index (χ4n) is 2.65. The summed E-state index contributed by atoms with van der Waals surface area (Å²) in [6, 6.07) is 8.48. The minimum Gasteiger partial charge on any atom is -0.339 e. The van der Waals surface area contributed by atoms with E-state index >= 15 is 0 Å². The summed E-state index contributed by atoms with van der Waals surface area (Å²) in [6.45, 7) is 6.35. The molecule has 0 bridgehead atoms. The lowest BCUT2D eigenvalue weighted by Crippen LogP contribution is -2.37. The van der Waals surface area contributed by atoms with E-state index in [1.165, 1.54) is 11.1 Å². The summed E-state index contributed by atoms with van der Waals surface area (Å²) < 4.78 is 5.51. The number of nitrogens with zero attached hydrogens (tertiary/aromatic N) is 2. The highest BCUT2D eigenvalue weighted by molar-refractivity contribution is 5.23. The molecule has 1 N–H and O–H groups in total. The van der Waals surface area contributed by atoms with Gasteiger partial charge in [0.1, 0.15) is 0 Å². The summed E-state index contributed by atoms with van der Waals surface area (Å²) >= 11 is 0. The Morgan fingerprint density at radius 1 is 1.20 bits per heavy atom. The summed E-state index contributed by atoms with van der Waals surface area (Å²) in [5, 5.41) is 7.52. The summed E-state index contributed by atoms with van der Waals surface area (Å²) in [5.74, 6) is 1.57. The molecule has 2 aromatic rings. The first-order valence-corrected chi connectivity index (χ1v) is 7.25. The van der Waals surface area contributed by atoms with Crippen LogP contribution in [0.15, 0.2) is 28.8 Å². The molecule has 20 heavy (non-hydrogen) atoms. The van der Waals surface area contributed by atoms with Gasteiger partial charge < -0.3 is 9.84 Å². The van der Waals surface area contributed by atoms with E-state index < -0.39 is 0 Å². The molecule has 0 unspecified atom stereocenters. The minimum atomic E-state index is 0.0315. The van der Waals surface area contributed by atoms with Crippen molar-refractivity contribution in [1.29, 1.82) is 0 Å². The third kappa shape index (κ3) is 2.75. The highest BCUT2D eigenvalue weighted by Gasteiger charge is 2.34. The van der Waals surface area contributed by atoms with E-state index in [4.69, 9.17) is 4.52 Å². The number of benzene rings is 1. The summed E-state index contributed by atoms with van der Waals surface area (Å²) in [6.07, 6.45) is 2.84. The first-order chi connectivity index (χ1) is 9.66. The second-order valence-electron chi connectivity index (χ2n) is 5.99. The van der Waals surface area contributed by atoms with Crippen LogP contribution in [0.5, 0.6) is 0 Å². The lowest BCUT2D eigenvalue weighted by atomic mass is 9.81. The van der Waals surface area contributed by atoms with Gasteiger partial charge in [0.2, 0.25) is 5.89 Å². The van der Waals surface area contributed by atoms with Gasteiger partial charge in [-0.3, -0.25) is 0 Å². The Bertz CT molecular complexity index is 568. The smallest absolute Gasteiger partial charge is 0.232 e. The molecule has 0 amide bonds. The normalized spacial score (nSPS) is 18.1. The van der Waals surface area contributed by atoms with Crippen LogP contribution >= 0.6 is 0 Å². The predicted octanol–water partition coefficient (Wildman–Crippen LogP) is 2.61. The van der Waals surface area contributed by atoms with Crippen molar-refractivity contribution in [3.8, 4) is 0 Å². The zero-order valence-electron chi connectivity index (χ0n) is 12.1. The van der Waals surface area contributed by atoms with E-state index in [0.717, 1.165) is 44.1 Å². The zero-order valence-corrected chi connectivity index (χ0v) is 12.1. The average Bonchev–Trinajstić information content (AvgIpc) is 2.92. The standard InChI is InChI=1S/C16H21N3O/c1-12-3-5-13(6-4-12)11-14-18-15(20-19-14)16(2)7-9-17-10-8-16/h3-6,17H,7-11H2,1-2H3. The molecule has 1 aliphatic rings. The van der Waals surface area contributed by atoms with E-state index in [0.29, 0.717) is 0 Å². The molecular formula is C16H21N3O. The summed E-state index contributed by atoms with van der Waals surface area (Å²) in [5.41, 5.74) is 2.52. The molecule has 0 atom stereocenters. The van der Waals surface area contributed by atoms with Crippen LogP contribution < -0.4 is 5.32 Å². The number of hydrogen-bond acceptors (Lipinski definition) is 4. The maximum atomic E-state index is 5.51. The average molecular weight is 271 g/mol. The van der Waals surface area contributed by atoms with Crippen LogP contribution in [0.4, 0.5) is 0 Å². The van der Waals surface area contributed by atoms with Crippen LogP contribution in [0.25, 0.3) is 0 Å². The summed E-state index contributed by atoms with van der Waals surface area (Å²) in [7, 11) is 0. The SMILES string of the molecule is Cc1ccc(Cc2noc(C3(C)CCNCC3)n2)cc1. The molecule has 3 rings (SSSR count). The van der Waals surface area contributed by atoms with Crippen molar-refractivity contribution in [3.05, 3.63) is 47.1 Å². The Kier molecular flexibility index (Phi) is 3.57. The van der Waals surface area contributed by atoms with E-state index in [9.17, 15) is 0 Å². The molecule has 1 aromatic heterocycles. The Hall–Kier alpha value is -1.68. The fourth-order valence-corrected chi connectivity index (χ4v) is 2.65. The topological polar surface area (TPSA) is 51.0 Å². The molecule has 1 aliphatic heterocycles. The molecule has 0 spiro atoms. The first-order valence-electron chi connectivity index (χ1n) is 7.25. The van der Waals surface area contributed by atoms with Gasteiger partial charge in [-0.1, -0.05) is 41.9 Å². The molecule has 1 fully saturated rings. The van der Waals surface area contributed by atoms with Crippen LogP contribution in [0, 0.1) is 6.92 Å². The van der Waals surface area contributed by atoms with Gasteiger partial charge in [-0.05, 0) is 38.4 Å². The van der Waals surface area contributed by atoms with Crippen LogP contribution in [0.3, 0.4) is 0 Å². The van der Waals surface area contributed by atoms with Gasteiger partial charge in [0.25, 0.3) is 0 Å². The minimum absolute atomic E-state index is 0.0315. The Morgan fingerprint density at radius 2 is 1.90 bits per heavy atom. The molecule has 0 radical (unpaired) electrons. The van der Waals surface area contributed by atoms with Crippen LogP contribution in [0.1, 0.15) is 42.6 Å². The van der Waals surface area contributed by atoms with Gasteiger partial charge in [-0.2, -0.15) is 4.98 Å². The Morgan fingerprint density at radius 3 is 2.60 bits per heavy atom. The van der Waals surface area contributed by atoms with Crippen molar-refractivity contribution >= 4 is 0 Å². The van der Waals surface area contributed by atoms with Crippen LogP contribution in [-0.4, -0.2) is 23.2 Å².